The van der Waals surface area contributed by atoms with Crippen molar-refractivity contribution in [2.24, 2.45) is 5.92 Å². The van der Waals surface area contributed by atoms with E-state index in [1.54, 1.807) is 18.6 Å². The number of likely N-dealkylation sites (tertiary alicyclic amines) is 1. The smallest absolute Gasteiger partial charge is 0.248 e. The molecule has 422 valence electrons. The third-order valence-corrected chi connectivity index (χ3v) is 16.7. The van der Waals surface area contributed by atoms with Gasteiger partial charge in [0, 0.05) is 90.8 Å². The molecule has 19 nitrogen and oxygen atoms in total. The highest BCUT2D eigenvalue weighted by Gasteiger charge is 2.43. The minimum atomic E-state index is -0.982. The number of aryl methyl sites for hydroxylation is 1. The van der Waals surface area contributed by atoms with Crippen molar-refractivity contribution < 1.29 is 38.4 Å². The zero-order chi connectivity index (χ0) is 56.1. The van der Waals surface area contributed by atoms with Gasteiger partial charge < -0.3 is 49.4 Å². The Kier molecular flexibility index (Phi) is 15.0. The van der Waals surface area contributed by atoms with Crippen LogP contribution in [0.5, 0.6) is 11.6 Å². The van der Waals surface area contributed by atoms with Gasteiger partial charge in [0.15, 0.2) is 5.75 Å². The normalized spacial score (nSPS) is 19.9. The molecular weight excluding hydrogens is 1030 g/mol. The number of hydrogen-bond acceptors (Lipinski definition) is 14. The SMILES string of the molecule is Cc1c(F)cc2[nH]ncc2c1-c1c(C2CC2)cc2c(N(C)[C@H]3CCNC3)cc(OC[C@@H]3CCCO3)nc2c1OCc1ccc(-c2cn([C@H](C(=O)N3C[C@H](O)C[C@H]3C(=O)N[C@@H](CO)c3ccc(-n4ccnc4C)cc3)C(C)C)nn2)cc1. The summed E-state index contributed by atoms with van der Waals surface area (Å²) in [7, 11) is 2.13. The average molecular weight is 1100 g/mol. The van der Waals surface area contributed by atoms with Crippen molar-refractivity contribution in [3.05, 3.63) is 125 Å². The first-order chi connectivity index (χ1) is 39.3. The van der Waals surface area contributed by atoms with E-state index in [2.05, 4.69) is 54.1 Å². The van der Waals surface area contributed by atoms with Gasteiger partial charge >= 0.3 is 0 Å². The number of benzene rings is 4. The molecule has 1 saturated carbocycles. The topological polar surface area (TPSA) is 223 Å². The Morgan fingerprint density at radius 2 is 1.81 bits per heavy atom. The quantitative estimate of drug-likeness (QED) is 0.0522. The van der Waals surface area contributed by atoms with Crippen molar-refractivity contribution in [3.63, 3.8) is 0 Å². The van der Waals surface area contributed by atoms with Gasteiger partial charge in [0.25, 0.3) is 0 Å². The van der Waals surface area contributed by atoms with Crippen LogP contribution in [0.25, 0.3) is 49.9 Å². The molecule has 0 spiro atoms. The van der Waals surface area contributed by atoms with E-state index in [0.717, 1.165) is 95.4 Å². The number of nitrogens with one attached hydrogen (secondary N) is 3. The van der Waals surface area contributed by atoms with Gasteiger partial charge in [-0.1, -0.05) is 55.5 Å². The van der Waals surface area contributed by atoms with E-state index in [9.17, 15) is 19.8 Å². The molecule has 81 heavy (non-hydrogen) atoms. The minimum absolute atomic E-state index is 0.0261. The van der Waals surface area contributed by atoms with Gasteiger partial charge in [-0.05, 0) is 111 Å². The maximum Gasteiger partial charge on any atom is 0.248 e. The van der Waals surface area contributed by atoms with Crippen molar-refractivity contribution in [1.29, 1.82) is 0 Å². The molecule has 7 heterocycles. The van der Waals surface area contributed by atoms with Crippen LogP contribution in [0.3, 0.4) is 0 Å². The van der Waals surface area contributed by atoms with Crippen LogP contribution in [0, 0.1) is 25.6 Å². The Balaban J connectivity index is 0.823. The standard InChI is InChI=1S/C61H69FN12O7/c1-34(2)58(61(78)73-29-43(76)23-53(73)60(77)66-51(31-75)40-14-16-41(17-15-40)72-21-20-64-36(72)4)74-30-50(69-70-74)39-10-8-37(9-11-39)32-81-59-56(55-35(3)48(62)25-49-47(55)28-65-68-49)45(38-12-13-38)24-46-52(71(5)42-18-19-63-27-42)26-54(67-57(46)59)80-33-44-7-6-22-79-44/h8-11,14-17,20-21,24-26,28,30,34,38,42-44,51,53,58,63,75-76H,6-7,12-13,18-19,22-23,27,29,31-33H2,1-5H3,(H,65,68)(H,66,77)/t42-,43+,44-,51-,53-,58-/m0/s1. The summed E-state index contributed by atoms with van der Waals surface area (Å²) in [6.45, 7) is 10.1. The van der Waals surface area contributed by atoms with Gasteiger partial charge in [-0.15, -0.1) is 5.10 Å². The van der Waals surface area contributed by atoms with Crippen molar-refractivity contribution in [1.82, 2.24) is 55.3 Å². The summed E-state index contributed by atoms with van der Waals surface area (Å²) in [5, 5.41) is 45.9. The van der Waals surface area contributed by atoms with Crippen LogP contribution in [-0.4, -0.2) is 137 Å². The molecule has 12 rings (SSSR count). The molecule has 2 amide bonds. The van der Waals surface area contributed by atoms with E-state index >= 15 is 4.39 Å². The van der Waals surface area contributed by atoms with Gasteiger partial charge in [-0.25, -0.2) is 19.0 Å². The molecule has 6 atom stereocenters. The maximum absolute atomic E-state index is 16.1. The number of carbonyl (C=O) groups excluding carboxylic acids is 2. The lowest BCUT2D eigenvalue weighted by Gasteiger charge is -2.30. The monoisotopic (exact) mass is 1100 g/mol. The maximum atomic E-state index is 16.1. The molecule has 0 unspecified atom stereocenters. The van der Waals surface area contributed by atoms with Gasteiger partial charge in [0.05, 0.1) is 48.5 Å². The third-order valence-electron chi connectivity index (χ3n) is 16.7. The molecule has 5 N–H and O–H groups in total. The molecule has 3 saturated heterocycles. The van der Waals surface area contributed by atoms with Crippen molar-refractivity contribution >= 4 is 39.3 Å². The molecule has 0 radical (unpaired) electrons. The fourth-order valence-corrected chi connectivity index (χ4v) is 12.1. The predicted octanol–water partition coefficient (Wildman–Crippen LogP) is 7.80. The fourth-order valence-electron chi connectivity index (χ4n) is 12.1. The third kappa shape index (κ3) is 10.7. The summed E-state index contributed by atoms with van der Waals surface area (Å²) in [6, 6.07) is 18.7. The van der Waals surface area contributed by atoms with Crippen molar-refractivity contribution in [3.8, 4) is 39.7 Å². The number of rotatable bonds is 19. The number of aliphatic hydroxyl groups excluding tert-OH is 2. The molecule has 3 aliphatic heterocycles. The number of aliphatic hydroxyl groups is 2. The van der Waals surface area contributed by atoms with E-state index in [1.807, 2.05) is 93.1 Å². The Bertz CT molecular complexity index is 3580. The molecule has 4 aromatic carbocycles. The molecule has 0 bridgehead atoms. The van der Waals surface area contributed by atoms with Crippen LogP contribution in [0.2, 0.25) is 0 Å². The number of hydrogen-bond donors (Lipinski definition) is 5. The Morgan fingerprint density at radius 3 is 2.52 bits per heavy atom. The molecule has 1 aliphatic carbocycles. The van der Waals surface area contributed by atoms with Crippen LogP contribution in [0.4, 0.5) is 10.1 Å². The van der Waals surface area contributed by atoms with Crippen LogP contribution < -0.4 is 25.0 Å². The molecule has 4 aromatic heterocycles. The number of fused-ring (bicyclic) bond motifs is 2. The summed E-state index contributed by atoms with van der Waals surface area (Å²) < 4.78 is 39.2. The summed E-state index contributed by atoms with van der Waals surface area (Å²) in [6.07, 6.45) is 11.0. The van der Waals surface area contributed by atoms with E-state index < -0.39 is 30.1 Å². The number of H-pyrrole nitrogens is 1. The largest absolute Gasteiger partial charge is 0.486 e. The molecule has 4 aliphatic rings. The van der Waals surface area contributed by atoms with Crippen LogP contribution in [0.1, 0.15) is 98.5 Å². The number of nitrogens with zero attached hydrogens (tertiary/aromatic N) is 9. The summed E-state index contributed by atoms with van der Waals surface area (Å²) in [5.41, 5.74) is 8.95. The number of halogens is 1. The summed E-state index contributed by atoms with van der Waals surface area (Å²) in [4.78, 5) is 41.9. The Hall–Kier alpha value is -7.78. The average Bonchev–Trinajstić information content (AvgIpc) is 4.27. The number of β-amino-alcohol motifs (C(OH)–C–C–N with tert-alkyl or cyclic N) is 1. The van der Waals surface area contributed by atoms with E-state index in [4.69, 9.17) is 19.2 Å². The highest BCUT2D eigenvalue weighted by Crippen LogP contribution is 2.53. The van der Waals surface area contributed by atoms with Crippen LogP contribution in [0.15, 0.2) is 91.5 Å². The van der Waals surface area contributed by atoms with Crippen molar-refractivity contribution in [2.45, 2.75) is 115 Å². The predicted molar refractivity (Wildman–Crippen MR) is 304 cm³/mol. The number of ether oxygens (including phenoxy) is 3. The lowest BCUT2D eigenvalue weighted by atomic mass is 9.88. The molecular formula is C61H69FN12O7. The summed E-state index contributed by atoms with van der Waals surface area (Å²) in [5.74, 6) is 0.570. The highest BCUT2D eigenvalue weighted by atomic mass is 19.1. The second kappa shape index (κ2) is 22.6. The number of imidazole rings is 1. The van der Waals surface area contributed by atoms with E-state index in [1.165, 1.54) is 15.6 Å². The molecule has 8 aromatic rings. The minimum Gasteiger partial charge on any atom is -0.486 e. The first kappa shape index (κ1) is 53.8. The van der Waals surface area contributed by atoms with Crippen molar-refractivity contribution in [2.75, 3.05) is 51.4 Å². The van der Waals surface area contributed by atoms with Gasteiger partial charge in [0.2, 0.25) is 17.7 Å². The number of carbonyl (C=O) groups is 2. The van der Waals surface area contributed by atoms with Gasteiger partial charge in [0.1, 0.15) is 48.1 Å². The van der Waals surface area contributed by atoms with Crippen LogP contribution in [-0.2, 0) is 20.9 Å². The van der Waals surface area contributed by atoms with Gasteiger partial charge in [-0.3, -0.25) is 14.7 Å². The van der Waals surface area contributed by atoms with E-state index in [-0.39, 0.29) is 61.9 Å². The highest BCUT2D eigenvalue weighted by molar-refractivity contribution is 6.07. The number of amides is 2. The first-order valence-electron chi connectivity index (χ1n) is 28.3. The Labute approximate surface area is 468 Å². The second-order valence-corrected chi connectivity index (χ2v) is 22.5. The number of likely N-dealkylation sites (N-methyl/N-ethyl adjacent to an activating group) is 1. The Morgan fingerprint density at radius 1 is 1.00 bits per heavy atom. The second-order valence-electron chi connectivity index (χ2n) is 22.5. The zero-order valence-electron chi connectivity index (χ0n) is 46.3. The first-order valence-corrected chi connectivity index (χ1v) is 28.3. The molecule has 4 fully saturated rings. The number of aromatic nitrogens is 8. The van der Waals surface area contributed by atoms with Crippen LogP contribution >= 0.6 is 0 Å². The lowest BCUT2D eigenvalue weighted by Crippen LogP contribution is -2.50. The number of aromatic amines is 1. The fraction of sp³-hybridized carbons (Fsp3) is 0.426. The summed E-state index contributed by atoms with van der Waals surface area (Å²) >= 11 is 0. The number of pyridine rings is 1. The van der Waals surface area contributed by atoms with E-state index in [0.29, 0.717) is 58.3 Å². The zero-order valence-corrected chi connectivity index (χ0v) is 46.3. The van der Waals surface area contributed by atoms with Gasteiger partial charge in [-0.2, -0.15) is 5.10 Å². The lowest BCUT2D eigenvalue weighted by molar-refractivity contribution is -0.142. The molecule has 20 heteroatoms. The number of anilines is 1.